The summed E-state index contributed by atoms with van der Waals surface area (Å²) in [6.45, 7) is 1.97. The van der Waals surface area contributed by atoms with Crippen LogP contribution in [-0.2, 0) is 25.3 Å². The van der Waals surface area contributed by atoms with Crippen LogP contribution < -0.4 is 16.6 Å². The molecule has 3 rings (SSSR count). The molecule has 0 aliphatic rings. The van der Waals surface area contributed by atoms with Crippen molar-refractivity contribution in [2.75, 3.05) is 11.1 Å². The molecule has 0 saturated carbocycles. The smallest absolute Gasteiger partial charge is 0.325 e. The van der Waals surface area contributed by atoms with E-state index >= 15 is 0 Å². The van der Waals surface area contributed by atoms with Gasteiger partial charge in [-0.05, 0) is 30.7 Å². The van der Waals surface area contributed by atoms with Crippen LogP contribution in [-0.4, -0.2) is 30.8 Å². The van der Waals surface area contributed by atoms with Gasteiger partial charge >= 0.3 is 5.69 Å². The van der Waals surface area contributed by atoms with Crippen LogP contribution >= 0.6 is 11.8 Å². The van der Waals surface area contributed by atoms with E-state index in [-0.39, 0.29) is 22.7 Å². The van der Waals surface area contributed by atoms with Crippen molar-refractivity contribution < 1.29 is 9.18 Å². The molecule has 8 nitrogen and oxygen atoms in total. The number of benzene rings is 1. The maximum atomic E-state index is 13.0. The fraction of sp³-hybridized carbons (Fsp3) is 0.316. The molecule has 1 N–H and O–H groups in total. The Bertz CT molecular complexity index is 1190. The van der Waals surface area contributed by atoms with E-state index in [2.05, 4.69) is 15.3 Å². The number of hydrogen-bond donors (Lipinski definition) is 1. The number of aryl methyl sites for hydroxylation is 2. The first-order chi connectivity index (χ1) is 13.8. The first-order valence-corrected chi connectivity index (χ1v) is 9.95. The molecule has 0 spiro atoms. The number of fused-ring (bicyclic) bond motifs is 1. The molecule has 3 aromatic rings. The summed E-state index contributed by atoms with van der Waals surface area (Å²) >= 11 is 1.09. The maximum Gasteiger partial charge on any atom is 0.332 e. The third-order valence-corrected chi connectivity index (χ3v) is 5.23. The minimum absolute atomic E-state index is 0.0128. The van der Waals surface area contributed by atoms with Gasteiger partial charge in [0.05, 0.1) is 5.75 Å². The molecule has 0 radical (unpaired) electrons. The molecule has 0 bridgehead atoms. The van der Waals surface area contributed by atoms with Gasteiger partial charge in [0.15, 0.2) is 5.65 Å². The average Bonchev–Trinajstić information content (AvgIpc) is 2.70. The molecule has 0 aliphatic heterocycles. The van der Waals surface area contributed by atoms with Crippen LogP contribution in [0.2, 0.25) is 0 Å². The number of carbonyl (C=O) groups is 1. The molecule has 1 amide bonds. The van der Waals surface area contributed by atoms with Crippen LogP contribution in [0.1, 0.15) is 19.2 Å². The molecule has 0 unspecified atom stereocenters. The lowest BCUT2D eigenvalue weighted by molar-refractivity contribution is -0.113. The number of amides is 1. The third kappa shape index (κ3) is 4.37. The molecule has 0 saturated heterocycles. The van der Waals surface area contributed by atoms with Crippen LogP contribution in [0.4, 0.5) is 10.1 Å². The fourth-order valence-corrected chi connectivity index (χ4v) is 3.61. The minimum Gasteiger partial charge on any atom is -0.325 e. The molecule has 152 valence electrons. The number of nitrogens with one attached hydrogen (secondary N) is 1. The Kier molecular flexibility index (Phi) is 6.12. The molecule has 2 aromatic heterocycles. The monoisotopic (exact) mass is 417 g/mol. The van der Waals surface area contributed by atoms with Gasteiger partial charge in [0.2, 0.25) is 5.91 Å². The summed E-state index contributed by atoms with van der Waals surface area (Å²) in [7, 11) is 2.93. The SMILES string of the molecule is CCCc1nc(SCC(=O)Nc2ccc(F)cc2)c2c(=O)n(C)c(=O)n(C)c2n1. The molecule has 0 atom stereocenters. The molecule has 0 aliphatic carbocycles. The van der Waals surface area contributed by atoms with E-state index in [0.29, 0.717) is 23.0 Å². The molecule has 2 heterocycles. The highest BCUT2D eigenvalue weighted by Gasteiger charge is 2.18. The van der Waals surface area contributed by atoms with Crippen molar-refractivity contribution in [2.24, 2.45) is 14.1 Å². The molecule has 10 heteroatoms. The number of aromatic nitrogens is 4. The van der Waals surface area contributed by atoms with Gasteiger partial charge in [-0.15, -0.1) is 0 Å². The molecular weight excluding hydrogens is 397 g/mol. The summed E-state index contributed by atoms with van der Waals surface area (Å²) in [5, 5.41) is 3.22. The third-order valence-electron chi connectivity index (χ3n) is 4.25. The number of carbonyl (C=O) groups excluding carboxylic acids is 1. The van der Waals surface area contributed by atoms with E-state index in [9.17, 15) is 18.8 Å². The van der Waals surface area contributed by atoms with Gasteiger partial charge < -0.3 is 5.32 Å². The topological polar surface area (TPSA) is 98.9 Å². The highest BCUT2D eigenvalue weighted by molar-refractivity contribution is 8.00. The van der Waals surface area contributed by atoms with Crippen LogP contribution in [0.25, 0.3) is 11.0 Å². The summed E-state index contributed by atoms with van der Waals surface area (Å²) in [5.41, 5.74) is -0.270. The first kappa shape index (κ1) is 20.7. The highest BCUT2D eigenvalue weighted by Crippen LogP contribution is 2.23. The second-order valence-corrected chi connectivity index (χ2v) is 7.41. The van der Waals surface area contributed by atoms with E-state index in [0.717, 1.165) is 22.7 Å². The Morgan fingerprint density at radius 3 is 2.48 bits per heavy atom. The summed E-state index contributed by atoms with van der Waals surface area (Å²) in [4.78, 5) is 46.0. The lowest BCUT2D eigenvalue weighted by Crippen LogP contribution is -2.38. The van der Waals surface area contributed by atoms with E-state index in [4.69, 9.17) is 0 Å². The number of thioether (sulfide) groups is 1. The number of halogens is 1. The Hall–Kier alpha value is -3.01. The Labute approximate surface area is 169 Å². The van der Waals surface area contributed by atoms with E-state index in [1.165, 1.54) is 35.9 Å². The van der Waals surface area contributed by atoms with Crippen molar-refractivity contribution in [3.63, 3.8) is 0 Å². The van der Waals surface area contributed by atoms with Crippen molar-refractivity contribution in [1.29, 1.82) is 0 Å². The van der Waals surface area contributed by atoms with E-state index in [1.54, 1.807) is 7.05 Å². The second kappa shape index (κ2) is 8.56. The van der Waals surface area contributed by atoms with Gasteiger partial charge in [-0.3, -0.25) is 18.7 Å². The van der Waals surface area contributed by atoms with Crippen molar-refractivity contribution in [1.82, 2.24) is 19.1 Å². The van der Waals surface area contributed by atoms with Crippen molar-refractivity contribution in [3.05, 3.63) is 56.7 Å². The minimum atomic E-state index is -0.507. The molecule has 29 heavy (non-hydrogen) atoms. The van der Waals surface area contributed by atoms with Gasteiger partial charge in [0.25, 0.3) is 5.56 Å². The van der Waals surface area contributed by atoms with Crippen molar-refractivity contribution in [2.45, 2.75) is 24.8 Å². The van der Waals surface area contributed by atoms with E-state index < -0.39 is 17.1 Å². The molecular formula is C19H20FN5O3S. The number of anilines is 1. The maximum absolute atomic E-state index is 13.0. The average molecular weight is 417 g/mol. The van der Waals surface area contributed by atoms with Crippen LogP contribution in [0.15, 0.2) is 38.9 Å². The Morgan fingerprint density at radius 2 is 1.83 bits per heavy atom. The summed E-state index contributed by atoms with van der Waals surface area (Å²) < 4.78 is 15.3. The summed E-state index contributed by atoms with van der Waals surface area (Å²) in [6, 6.07) is 5.43. The van der Waals surface area contributed by atoms with Gasteiger partial charge in [-0.25, -0.2) is 19.2 Å². The number of rotatable bonds is 6. The van der Waals surface area contributed by atoms with Gasteiger partial charge in [0, 0.05) is 26.2 Å². The van der Waals surface area contributed by atoms with Crippen LogP contribution in [0, 0.1) is 5.82 Å². The normalized spacial score (nSPS) is 11.0. The Balaban J connectivity index is 1.95. The zero-order chi connectivity index (χ0) is 21.1. The number of hydrogen-bond acceptors (Lipinski definition) is 6. The van der Waals surface area contributed by atoms with Gasteiger partial charge in [-0.1, -0.05) is 18.7 Å². The van der Waals surface area contributed by atoms with Crippen molar-refractivity contribution in [3.8, 4) is 0 Å². The van der Waals surface area contributed by atoms with Crippen LogP contribution in [0.5, 0.6) is 0 Å². The largest absolute Gasteiger partial charge is 0.332 e. The first-order valence-electron chi connectivity index (χ1n) is 8.96. The summed E-state index contributed by atoms with van der Waals surface area (Å²) in [5.74, 6) is -0.229. The Morgan fingerprint density at radius 1 is 1.14 bits per heavy atom. The van der Waals surface area contributed by atoms with E-state index in [1.807, 2.05) is 6.92 Å². The standard InChI is InChI=1S/C19H20FN5O3S/c1-4-5-13-22-16-15(18(27)25(3)19(28)24(16)2)17(23-13)29-10-14(26)21-12-8-6-11(20)7-9-12/h6-9H,4-5,10H2,1-3H3,(H,21,26). The predicted octanol–water partition coefficient (Wildman–Crippen LogP) is 1.85. The molecule has 0 fully saturated rings. The predicted molar refractivity (Wildman–Crippen MR) is 110 cm³/mol. The molecule has 1 aromatic carbocycles. The quantitative estimate of drug-likeness (QED) is 0.485. The summed E-state index contributed by atoms with van der Waals surface area (Å²) in [6.07, 6.45) is 1.37. The fourth-order valence-electron chi connectivity index (χ4n) is 2.78. The zero-order valence-corrected chi connectivity index (χ0v) is 17.0. The lowest BCUT2D eigenvalue weighted by atomic mass is 10.3. The van der Waals surface area contributed by atoms with Gasteiger partial charge in [0.1, 0.15) is 22.1 Å². The number of nitrogens with zero attached hydrogens (tertiary/aromatic N) is 4. The van der Waals surface area contributed by atoms with Crippen LogP contribution in [0.3, 0.4) is 0 Å². The lowest BCUT2D eigenvalue weighted by Gasteiger charge is -2.11. The van der Waals surface area contributed by atoms with Crippen molar-refractivity contribution >= 4 is 34.4 Å². The second-order valence-electron chi connectivity index (χ2n) is 6.44. The van der Waals surface area contributed by atoms with Gasteiger partial charge in [-0.2, -0.15) is 0 Å². The highest BCUT2D eigenvalue weighted by atomic mass is 32.2. The zero-order valence-electron chi connectivity index (χ0n) is 16.2.